The number of H-pyrrole nitrogens is 1. The number of methoxy groups -OCH3 is 1. The molecule has 0 saturated carbocycles. The van der Waals surface area contributed by atoms with Crippen LogP contribution in [0.4, 0.5) is 4.39 Å². The highest BCUT2D eigenvalue weighted by Gasteiger charge is 2.32. The van der Waals surface area contributed by atoms with Gasteiger partial charge in [-0.15, -0.1) is 0 Å². The molecule has 0 spiro atoms. The maximum absolute atomic E-state index is 14.5. The molecule has 1 fully saturated rings. The second kappa shape index (κ2) is 9.99. The molecule has 4 rings (SSSR count). The standard InChI is InChI=1S/C21H28FN5O3S/c1-14-18(24-5-4-20(14)30-9-3-8-29-2)12-31(28)21-25-16-10-15(22)19(11-17(16)26-21)27-7-6-23-13-27/h6-7,10-11,13-14,18,20,24H,3-5,8-9,12H2,1-2H3,(H,25,26). The zero-order chi connectivity index (χ0) is 21.8. The highest BCUT2D eigenvalue weighted by molar-refractivity contribution is 7.84. The van der Waals surface area contributed by atoms with Crippen molar-refractivity contribution < 1.29 is 18.1 Å². The predicted molar refractivity (Wildman–Crippen MR) is 116 cm³/mol. The van der Waals surface area contributed by atoms with Crippen molar-refractivity contribution in [3.8, 4) is 5.69 Å². The minimum Gasteiger partial charge on any atom is -0.385 e. The van der Waals surface area contributed by atoms with Crippen molar-refractivity contribution >= 4 is 21.8 Å². The number of benzene rings is 1. The van der Waals surface area contributed by atoms with Crippen LogP contribution in [-0.2, 0) is 20.3 Å². The lowest BCUT2D eigenvalue weighted by atomic mass is 9.91. The lowest BCUT2D eigenvalue weighted by Crippen LogP contribution is -2.50. The summed E-state index contributed by atoms with van der Waals surface area (Å²) in [4.78, 5) is 11.5. The molecule has 1 aliphatic rings. The molecule has 10 heteroatoms. The summed E-state index contributed by atoms with van der Waals surface area (Å²) in [6.07, 6.45) is 6.70. The number of aromatic amines is 1. The van der Waals surface area contributed by atoms with Gasteiger partial charge in [0, 0.05) is 50.6 Å². The number of halogens is 1. The molecule has 4 unspecified atom stereocenters. The van der Waals surface area contributed by atoms with Crippen LogP contribution in [0.25, 0.3) is 16.7 Å². The van der Waals surface area contributed by atoms with Crippen molar-refractivity contribution in [3.05, 3.63) is 36.7 Å². The monoisotopic (exact) mass is 449 g/mol. The van der Waals surface area contributed by atoms with Gasteiger partial charge in [0.2, 0.25) is 0 Å². The Bertz CT molecular complexity index is 1030. The molecule has 0 aliphatic carbocycles. The van der Waals surface area contributed by atoms with E-state index in [9.17, 15) is 8.60 Å². The van der Waals surface area contributed by atoms with Gasteiger partial charge in [0.05, 0.1) is 40.0 Å². The molecule has 0 amide bonds. The summed E-state index contributed by atoms with van der Waals surface area (Å²) >= 11 is 0. The Kier molecular flexibility index (Phi) is 7.11. The first kappa shape index (κ1) is 22.1. The lowest BCUT2D eigenvalue weighted by Gasteiger charge is -2.36. The van der Waals surface area contributed by atoms with Crippen LogP contribution in [0, 0.1) is 11.7 Å². The van der Waals surface area contributed by atoms with E-state index in [1.165, 1.54) is 12.4 Å². The van der Waals surface area contributed by atoms with Gasteiger partial charge in [0.25, 0.3) is 0 Å². The maximum Gasteiger partial charge on any atom is 0.197 e. The van der Waals surface area contributed by atoms with Crippen molar-refractivity contribution in [3.63, 3.8) is 0 Å². The summed E-state index contributed by atoms with van der Waals surface area (Å²) in [6.45, 7) is 4.29. The summed E-state index contributed by atoms with van der Waals surface area (Å²) in [5.74, 6) is 0.230. The average molecular weight is 450 g/mol. The number of rotatable bonds is 9. The summed E-state index contributed by atoms with van der Waals surface area (Å²) < 4.78 is 40.2. The molecule has 8 nitrogen and oxygen atoms in total. The number of hydrogen-bond donors (Lipinski definition) is 2. The van der Waals surface area contributed by atoms with E-state index < -0.39 is 16.6 Å². The molecule has 168 valence electrons. The van der Waals surface area contributed by atoms with Gasteiger partial charge in [-0.3, -0.25) is 4.21 Å². The van der Waals surface area contributed by atoms with Crippen molar-refractivity contribution in [2.24, 2.45) is 5.92 Å². The van der Waals surface area contributed by atoms with Gasteiger partial charge in [-0.25, -0.2) is 14.4 Å². The van der Waals surface area contributed by atoms with E-state index in [0.29, 0.717) is 40.8 Å². The fourth-order valence-corrected chi connectivity index (χ4v) is 5.28. The zero-order valence-electron chi connectivity index (χ0n) is 17.7. The van der Waals surface area contributed by atoms with Gasteiger partial charge >= 0.3 is 0 Å². The third-order valence-electron chi connectivity index (χ3n) is 5.74. The summed E-state index contributed by atoms with van der Waals surface area (Å²) in [6, 6.07) is 3.06. The van der Waals surface area contributed by atoms with E-state index in [-0.39, 0.29) is 18.1 Å². The van der Waals surface area contributed by atoms with Crippen LogP contribution in [0.2, 0.25) is 0 Å². The van der Waals surface area contributed by atoms with E-state index in [0.717, 1.165) is 19.4 Å². The SMILES string of the molecule is COCCCOC1CCNC(CS(=O)c2nc3cc(-n4ccnc4)c(F)cc3[nH]2)C1C. The van der Waals surface area contributed by atoms with Gasteiger partial charge < -0.3 is 24.3 Å². The van der Waals surface area contributed by atoms with Gasteiger partial charge in [-0.1, -0.05) is 6.92 Å². The van der Waals surface area contributed by atoms with Crippen molar-refractivity contribution in [2.45, 2.75) is 37.1 Å². The topological polar surface area (TPSA) is 94.1 Å². The maximum atomic E-state index is 14.5. The number of nitrogens with zero attached hydrogens (tertiary/aromatic N) is 3. The average Bonchev–Trinajstić information content (AvgIpc) is 3.42. The summed E-state index contributed by atoms with van der Waals surface area (Å²) in [5.41, 5.74) is 1.44. The predicted octanol–water partition coefficient (Wildman–Crippen LogP) is 2.42. The van der Waals surface area contributed by atoms with Crippen molar-refractivity contribution in [1.29, 1.82) is 0 Å². The van der Waals surface area contributed by atoms with E-state index in [2.05, 4.69) is 27.2 Å². The Balaban J connectivity index is 1.44. The van der Waals surface area contributed by atoms with Gasteiger partial charge in [0.1, 0.15) is 5.82 Å². The minimum atomic E-state index is -1.35. The molecule has 0 bridgehead atoms. The first-order valence-electron chi connectivity index (χ1n) is 10.5. The second-order valence-corrected chi connectivity index (χ2v) is 9.22. The number of fused-ring (bicyclic) bond motifs is 1. The fraction of sp³-hybridized carbons (Fsp3) is 0.524. The Labute approximate surface area is 183 Å². The first-order valence-corrected chi connectivity index (χ1v) is 11.8. The molecule has 2 aromatic heterocycles. The Morgan fingerprint density at radius 2 is 2.23 bits per heavy atom. The largest absolute Gasteiger partial charge is 0.385 e. The molecule has 2 N–H and O–H groups in total. The molecule has 4 atom stereocenters. The van der Waals surface area contributed by atoms with Crippen LogP contribution in [0.15, 0.2) is 36.0 Å². The smallest absolute Gasteiger partial charge is 0.197 e. The van der Waals surface area contributed by atoms with Crippen LogP contribution >= 0.6 is 0 Å². The quantitative estimate of drug-likeness (QED) is 0.488. The summed E-state index contributed by atoms with van der Waals surface area (Å²) in [7, 11) is 0.330. The van der Waals surface area contributed by atoms with Crippen LogP contribution in [-0.4, -0.2) is 68.5 Å². The normalized spacial score (nSPS) is 22.7. The molecular weight excluding hydrogens is 421 g/mol. The van der Waals surface area contributed by atoms with Crippen molar-refractivity contribution in [1.82, 2.24) is 24.8 Å². The molecule has 1 saturated heterocycles. The number of imidazole rings is 2. The van der Waals surface area contributed by atoms with E-state index in [1.54, 1.807) is 30.1 Å². The Hall–Kier alpha value is -2.14. The molecule has 0 radical (unpaired) electrons. The van der Waals surface area contributed by atoms with Crippen LogP contribution < -0.4 is 5.32 Å². The lowest BCUT2D eigenvalue weighted by molar-refractivity contribution is -0.0179. The third kappa shape index (κ3) is 5.03. The molecule has 3 aromatic rings. The van der Waals surface area contributed by atoms with Gasteiger partial charge in [-0.05, 0) is 31.4 Å². The summed E-state index contributed by atoms with van der Waals surface area (Å²) in [5, 5.41) is 3.82. The molecule has 1 aromatic carbocycles. The Morgan fingerprint density at radius 1 is 1.35 bits per heavy atom. The molecular formula is C21H28FN5O3S. The molecule has 1 aliphatic heterocycles. The fourth-order valence-electron chi connectivity index (χ4n) is 3.95. The minimum absolute atomic E-state index is 0.0495. The first-order chi connectivity index (χ1) is 15.1. The number of hydrogen-bond acceptors (Lipinski definition) is 6. The van der Waals surface area contributed by atoms with Gasteiger partial charge in [-0.2, -0.15) is 0 Å². The van der Waals surface area contributed by atoms with E-state index >= 15 is 0 Å². The van der Waals surface area contributed by atoms with Crippen LogP contribution in [0.1, 0.15) is 19.8 Å². The highest BCUT2D eigenvalue weighted by Crippen LogP contribution is 2.24. The van der Waals surface area contributed by atoms with Crippen molar-refractivity contribution in [2.75, 3.05) is 32.6 Å². The Morgan fingerprint density at radius 3 is 3.00 bits per heavy atom. The number of ether oxygens (including phenoxy) is 2. The van der Waals surface area contributed by atoms with Gasteiger partial charge in [0.15, 0.2) is 5.16 Å². The number of nitrogens with one attached hydrogen (secondary N) is 2. The number of aromatic nitrogens is 4. The van der Waals surface area contributed by atoms with E-state index in [1.807, 2.05) is 0 Å². The molecule has 3 heterocycles. The second-order valence-electron chi connectivity index (χ2n) is 7.81. The van der Waals surface area contributed by atoms with E-state index in [4.69, 9.17) is 9.47 Å². The zero-order valence-corrected chi connectivity index (χ0v) is 18.5. The third-order valence-corrected chi connectivity index (χ3v) is 7.03. The highest BCUT2D eigenvalue weighted by atomic mass is 32.2. The molecule has 31 heavy (non-hydrogen) atoms. The van der Waals surface area contributed by atoms with Crippen LogP contribution in [0.5, 0.6) is 0 Å². The van der Waals surface area contributed by atoms with Crippen LogP contribution in [0.3, 0.4) is 0 Å². The number of piperidine rings is 1.